The third-order valence-electron chi connectivity index (χ3n) is 3.27. The van der Waals surface area contributed by atoms with Crippen LogP contribution in [0.4, 0.5) is 13.2 Å². The van der Waals surface area contributed by atoms with Gasteiger partial charge in [-0.3, -0.25) is 0 Å². The van der Waals surface area contributed by atoms with E-state index in [4.69, 9.17) is 0 Å². The highest BCUT2D eigenvalue weighted by molar-refractivity contribution is 14.1. The van der Waals surface area contributed by atoms with Gasteiger partial charge in [0.05, 0.1) is 19.7 Å². The minimum absolute atomic E-state index is 0.253. The van der Waals surface area contributed by atoms with Crippen molar-refractivity contribution in [2.45, 2.75) is 12.7 Å². The predicted molar refractivity (Wildman–Crippen MR) is 91.0 cm³/mol. The normalized spacial score (nSPS) is 11.8. The van der Waals surface area contributed by atoms with Crippen molar-refractivity contribution in [3.63, 3.8) is 0 Å². The lowest BCUT2D eigenvalue weighted by Gasteiger charge is -2.08. The molecule has 3 rings (SSSR count). The molecular weight excluding hydrogens is 422 g/mol. The summed E-state index contributed by atoms with van der Waals surface area (Å²) in [4.78, 5) is 0.843. The maximum atomic E-state index is 13.2. The Balaban J connectivity index is 2.12. The molecule has 0 saturated carbocycles. The molecule has 0 bridgehead atoms. The summed E-state index contributed by atoms with van der Waals surface area (Å²) in [6.45, 7) is 0.417. The first-order valence-corrected chi connectivity index (χ1v) is 8.46. The Morgan fingerprint density at radius 1 is 1.05 bits per heavy atom. The molecule has 1 aromatic carbocycles. The van der Waals surface area contributed by atoms with Gasteiger partial charge < -0.3 is 4.57 Å². The molecule has 0 aliphatic carbocycles. The summed E-state index contributed by atoms with van der Waals surface area (Å²) >= 11 is 3.24. The highest BCUT2D eigenvalue weighted by Gasteiger charge is 2.36. The fourth-order valence-electron chi connectivity index (χ4n) is 2.30. The molecule has 2 aromatic heterocycles. The Bertz CT molecular complexity index is 761. The number of nitrogens with zero attached hydrogens (tertiary/aromatic N) is 1. The van der Waals surface area contributed by atoms with E-state index in [9.17, 15) is 13.2 Å². The molecule has 0 spiro atoms. The maximum absolute atomic E-state index is 13.2. The minimum atomic E-state index is -4.34. The Hall–Kier alpha value is -1.28. The molecule has 0 fully saturated rings. The van der Waals surface area contributed by atoms with Crippen LogP contribution in [0.2, 0.25) is 0 Å². The highest BCUT2D eigenvalue weighted by atomic mass is 127. The molecule has 0 atom stereocenters. The maximum Gasteiger partial charge on any atom is 0.418 e. The number of thiophene rings is 1. The minimum Gasteiger partial charge on any atom is -0.341 e. The van der Waals surface area contributed by atoms with Crippen molar-refractivity contribution in [1.29, 1.82) is 0 Å². The third kappa shape index (κ3) is 3.08. The zero-order valence-corrected chi connectivity index (χ0v) is 14.2. The van der Waals surface area contributed by atoms with Gasteiger partial charge in [-0.1, -0.05) is 36.4 Å². The van der Waals surface area contributed by atoms with Gasteiger partial charge in [0.2, 0.25) is 0 Å². The van der Waals surface area contributed by atoms with E-state index in [-0.39, 0.29) is 3.57 Å². The lowest BCUT2D eigenvalue weighted by Crippen LogP contribution is -2.05. The quantitative estimate of drug-likeness (QED) is 0.454. The molecule has 0 unspecified atom stereocenters. The van der Waals surface area contributed by atoms with Crippen LogP contribution in [-0.4, -0.2) is 4.57 Å². The molecule has 0 N–H and O–H groups in total. The highest BCUT2D eigenvalue weighted by Crippen LogP contribution is 2.40. The fourth-order valence-corrected chi connectivity index (χ4v) is 4.32. The number of hydrogen-bond donors (Lipinski definition) is 0. The number of halogens is 4. The Kier molecular flexibility index (Phi) is 4.31. The second kappa shape index (κ2) is 6.08. The summed E-state index contributed by atoms with van der Waals surface area (Å²) in [6, 6.07) is 13.2. The lowest BCUT2D eigenvalue weighted by molar-refractivity contribution is -0.138. The smallest absolute Gasteiger partial charge is 0.341 e. The SMILES string of the molecule is FC(F)(F)c1cn(Cc2ccccc2)c(-c2cccs2)c1I. The number of rotatable bonds is 3. The van der Waals surface area contributed by atoms with E-state index in [0.29, 0.717) is 12.2 Å². The van der Waals surface area contributed by atoms with Gasteiger partial charge in [-0.2, -0.15) is 13.2 Å². The van der Waals surface area contributed by atoms with Crippen LogP contribution in [0.15, 0.2) is 54.0 Å². The van der Waals surface area contributed by atoms with E-state index in [2.05, 4.69) is 0 Å². The van der Waals surface area contributed by atoms with Gasteiger partial charge in [-0.25, -0.2) is 0 Å². The second-order valence-electron chi connectivity index (χ2n) is 4.79. The van der Waals surface area contributed by atoms with Crippen molar-refractivity contribution >= 4 is 33.9 Å². The third-order valence-corrected chi connectivity index (χ3v) is 5.24. The zero-order valence-electron chi connectivity index (χ0n) is 11.3. The van der Waals surface area contributed by atoms with E-state index < -0.39 is 11.7 Å². The second-order valence-corrected chi connectivity index (χ2v) is 6.82. The van der Waals surface area contributed by atoms with Crippen molar-refractivity contribution in [2.24, 2.45) is 0 Å². The molecule has 6 heteroatoms. The number of benzene rings is 1. The van der Waals surface area contributed by atoms with E-state index in [0.717, 1.165) is 10.4 Å². The summed E-state index contributed by atoms with van der Waals surface area (Å²) in [5, 5.41) is 1.87. The van der Waals surface area contributed by atoms with Gasteiger partial charge in [-0.15, -0.1) is 11.3 Å². The molecule has 0 radical (unpaired) electrons. The topological polar surface area (TPSA) is 4.93 Å². The first-order chi connectivity index (χ1) is 10.5. The van der Waals surface area contributed by atoms with Gasteiger partial charge in [0, 0.05) is 12.7 Å². The number of aromatic nitrogens is 1. The molecule has 0 amide bonds. The van der Waals surface area contributed by atoms with Gasteiger partial charge in [0.25, 0.3) is 0 Å². The van der Waals surface area contributed by atoms with Gasteiger partial charge in [0.1, 0.15) is 0 Å². The molecule has 0 saturated heterocycles. The lowest BCUT2D eigenvalue weighted by atomic mass is 10.2. The standard InChI is InChI=1S/C16H11F3INS/c17-16(18,19)12-10-21(9-11-5-2-1-3-6-11)15(14(12)20)13-7-4-8-22-13/h1-8,10H,9H2. The first kappa shape index (κ1) is 15.6. The molecule has 0 aliphatic rings. The van der Waals surface area contributed by atoms with E-state index in [1.807, 2.05) is 47.8 Å². The van der Waals surface area contributed by atoms with Crippen molar-refractivity contribution in [2.75, 3.05) is 0 Å². The predicted octanol–water partition coefficient (Wildman–Crippen LogP) is 5.89. The monoisotopic (exact) mass is 433 g/mol. The average Bonchev–Trinajstić information content (AvgIpc) is 3.07. The molecule has 0 aliphatic heterocycles. The molecule has 2 heterocycles. The first-order valence-electron chi connectivity index (χ1n) is 6.50. The van der Waals surface area contributed by atoms with Crippen LogP contribution in [0.5, 0.6) is 0 Å². The van der Waals surface area contributed by atoms with E-state index >= 15 is 0 Å². The van der Waals surface area contributed by atoms with Crippen LogP contribution in [0.25, 0.3) is 10.6 Å². The van der Waals surface area contributed by atoms with Crippen molar-refractivity contribution in [3.8, 4) is 10.6 Å². The van der Waals surface area contributed by atoms with Crippen LogP contribution >= 0.6 is 33.9 Å². The largest absolute Gasteiger partial charge is 0.418 e. The fraction of sp³-hybridized carbons (Fsp3) is 0.125. The van der Waals surface area contributed by atoms with Crippen LogP contribution < -0.4 is 0 Å². The van der Waals surface area contributed by atoms with Crippen LogP contribution in [0.3, 0.4) is 0 Å². The summed E-state index contributed by atoms with van der Waals surface area (Å²) in [5.74, 6) is 0. The molecular formula is C16H11F3INS. The molecule has 1 nitrogen and oxygen atoms in total. The number of alkyl halides is 3. The van der Waals surface area contributed by atoms with Crippen LogP contribution in [0.1, 0.15) is 11.1 Å². The van der Waals surface area contributed by atoms with Crippen molar-refractivity contribution in [1.82, 2.24) is 4.57 Å². The summed E-state index contributed by atoms with van der Waals surface area (Å²) in [6.07, 6.45) is -3.13. The Morgan fingerprint density at radius 3 is 2.36 bits per heavy atom. The molecule has 22 heavy (non-hydrogen) atoms. The van der Waals surface area contributed by atoms with Gasteiger partial charge in [0.15, 0.2) is 0 Å². The number of hydrogen-bond acceptors (Lipinski definition) is 1. The van der Waals surface area contributed by atoms with Crippen LogP contribution in [0, 0.1) is 3.57 Å². The van der Waals surface area contributed by atoms with Crippen LogP contribution in [-0.2, 0) is 12.7 Å². The summed E-state index contributed by atoms with van der Waals surface area (Å²) in [5.41, 5.74) is 1.03. The van der Waals surface area contributed by atoms with Gasteiger partial charge >= 0.3 is 6.18 Å². The molecule has 114 valence electrons. The van der Waals surface area contributed by atoms with E-state index in [1.165, 1.54) is 17.5 Å². The van der Waals surface area contributed by atoms with Gasteiger partial charge in [-0.05, 0) is 39.6 Å². The Labute approximate surface area is 143 Å². The summed E-state index contributed by atoms with van der Waals surface area (Å²) in [7, 11) is 0. The Morgan fingerprint density at radius 2 is 1.77 bits per heavy atom. The summed E-state index contributed by atoms with van der Waals surface area (Å²) < 4.78 is 41.6. The molecule has 3 aromatic rings. The van der Waals surface area contributed by atoms with Crippen molar-refractivity contribution in [3.05, 3.63) is 68.7 Å². The van der Waals surface area contributed by atoms with Crippen molar-refractivity contribution < 1.29 is 13.2 Å². The zero-order chi connectivity index (χ0) is 15.7. The average molecular weight is 433 g/mol. The van der Waals surface area contributed by atoms with E-state index in [1.54, 1.807) is 27.2 Å².